The zero-order valence-electron chi connectivity index (χ0n) is 24.2. The molecule has 220 valence electrons. The number of carboxylic acid groups (broad SMARTS) is 1. The molecule has 1 amide bonds. The van der Waals surface area contributed by atoms with Gasteiger partial charge in [0, 0.05) is 30.3 Å². The van der Waals surface area contributed by atoms with Crippen molar-refractivity contribution in [1.29, 1.82) is 0 Å². The fraction of sp³-hybridized carbons (Fsp3) is 0.229. The second-order valence-electron chi connectivity index (χ2n) is 10.7. The number of amides is 1. The highest BCUT2D eigenvalue weighted by Gasteiger charge is 2.19. The van der Waals surface area contributed by atoms with Gasteiger partial charge in [0.15, 0.2) is 0 Å². The Morgan fingerprint density at radius 1 is 1.00 bits per heavy atom. The number of nitrogens with zero attached hydrogens (tertiary/aromatic N) is 2. The minimum atomic E-state index is -1.06. The first kappa shape index (κ1) is 30.4. The number of carboxylic acids is 1. The normalized spacial score (nSPS) is 11.9. The quantitative estimate of drug-likeness (QED) is 0.134. The molecule has 8 heteroatoms. The molecule has 1 heterocycles. The minimum absolute atomic E-state index is 0.0907. The third-order valence-corrected chi connectivity index (χ3v) is 8.33. The summed E-state index contributed by atoms with van der Waals surface area (Å²) in [6.45, 7) is 4.68. The molecule has 6 nitrogen and oxygen atoms in total. The standard InChI is InChI=1S/C35H34ClN3O3S/c1-3-8-31-38-33-22(2)17-26(34(40)37-27(21-43)18-23-9-5-4-6-10-23)19-30(33)39(31)20-24-13-15-25(16-14-24)28-11-7-12-29(36)32(28)35(41)42/h4-7,9-17,19,27,43H,3,8,18,20-21H2,1-2H3,(H,37,40)(H,41,42)/t27-/m1/s1. The van der Waals surface area contributed by atoms with Gasteiger partial charge >= 0.3 is 5.97 Å². The number of aromatic nitrogens is 2. The monoisotopic (exact) mass is 611 g/mol. The number of halogens is 1. The topological polar surface area (TPSA) is 84.2 Å². The number of benzene rings is 4. The Labute approximate surface area is 262 Å². The molecular formula is C35H34ClN3O3S. The van der Waals surface area contributed by atoms with Crippen LogP contribution in [0.3, 0.4) is 0 Å². The highest BCUT2D eigenvalue weighted by atomic mass is 35.5. The summed E-state index contributed by atoms with van der Waals surface area (Å²) in [5, 5.41) is 13.1. The highest BCUT2D eigenvalue weighted by molar-refractivity contribution is 7.80. The average Bonchev–Trinajstić information content (AvgIpc) is 3.34. The minimum Gasteiger partial charge on any atom is -0.478 e. The second kappa shape index (κ2) is 13.5. The number of hydrogen-bond donors (Lipinski definition) is 3. The maximum absolute atomic E-state index is 13.4. The van der Waals surface area contributed by atoms with E-state index in [1.54, 1.807) is 18.2 Å². The van der Waals surface area contributed by atoms with E-state index in [-0.39, 0.29) is 22.5 Å². The number of hydrogen-bond acceptors (Lipinski definition) is 4. The first-order valence-electron chi connectivity index (χ1n) is 14.4. The molecule has 0 spiro atoms. The predicted octanol–water partition coefficient (Wildman–Crippen LogP) is 7.64. The molecule has 0 fully saturated rings. The lowest BCUT2D eigenvalue weighted by molar-refractivity contribution is 0.0697. The zero-order valence-corrected chi connectivity index (χ0v) is 25.8. The molecule has 1 aromatic heterocycles. The van der Waals surface area contributed by atoms with E-state index in [0.29, 0.717) is 29.8 Å². The van der Waals surface area contributed by atoms with Gasteiger partial charge in [-0.3, -0.25) is 4.79 Å². The number of aryl methyl sites for hydroxylation is 2. The van der Waals surface area contributed by atoms with Gasteiger partial charge in [0.1, 0.15) is 5.82 Å². The van der Waals surface area contributed by atoms with Gasteiger partial charge in [-0.15, -0.1) is 0 Å². The fourth-order valence-corrected chi connectivity index (χ4v) is 5.92. The van der Waals surface area contributed by atoms with Crippen LogP contribution in [0.4, 0.5) is 0 Å². The molecule has 0 bridgehead atoms. The molecule has 0 aliphatic carbocycles. The van der Waals surface area contributed by atoms with Crippen molar-refractivity contribution < 1.29 is 14.7 Å². The lowest BCUT2D eigenvalue weighted by atomic mass is 9.98. The van der Waals surface area contributed by atoms with E-state index in [2.05, 4.69) is 41.6 Å². The van der Waals surface area contributed by atoms with E-state index in [1.807, 2.05) is 61.5 Å². The molecule has 5 rings (SSSR count). The Morgan fingerprint density at radius 3 is 2.42 bits per heavy atom. The Hall–Kier alpha value is -4.07. The first-order chi connectivity index (χ1) is 20.8. The van der Waals surface area contributed by atoms with Crippen LogP contribution in [0.5, 0.6) is 0 Å². The fourth-order valence-electron chi connectivity index (χ4n) is 5.45. The van der Waals surface area contributed by atoms with Gasteiger partial charge in [-0.25, -0.2) is 9.78 Å². The molecular weight excluding hydrogens is 578 g/mol. The maximum Gasteiger partial charge on any atom is 0.337 e. The first-order valence-corrected chi connectivity index (χ1v) is 15.4. The second-order valence-corrected chi connectivity index (χ2v) is 11.5. The van der Waals surface area contributed by atoms with Crippen LogP contribution in [-0.4, -0.2) is 38.3 Å². The van der Waals surface area contributed by atoms with Gasteiger partial charge in [0.05, 0.1) is 21.6 Å². The van der Waals surface area contributed by atoms with Gasteiger partial charge in [-0.1, -0.05) is 85.3 Å². The Bertz CT molecular complexity index is 1770. The van der Waals surface area contributed by atoms with Crippen LogP contribution < -0.4 is 5.32 Å². The molecule has 0 aliphatic rings. The zero-order chi connectivity index (χ0) is 30.5. The lowest BCUT2D eigenvalue weighted by Gasteiger charge is -2.17. The van der Waals surface area contributed by atoms with E-state index in [4.69, 9.17) is 16.6 Å². The molecule has 0 saturated heterocycles. The van der Waals surface area contributed by atoms with Gasteiger partial charge in [0.25, 0.3) is 5.91 Å². The van der Waals surface area contributed by atoms with E-state index in [0.717, 1.165) is 52.0 Å². The van der Waals surface area contributed by atoms with Crippen molar-refractivity contribution in [3.63, 3.8) is 0 Å². The van der Waals surface area contributed by atoms with E-state index < -0.39 is 5.97 Å². The number of aromatic carboxylic acids is 1. The molecule has 0 radical (unpaired) electrons. The summed E-state index contributed by atoms with van der Waals surface area (Å²) < 4.78 is 2.18. The smallest absolute Gasteiger partial charge is 0.337 e. The number of carbonyl (C=O) groups excluding carboxylic acids is 1. The van der Waals surface area contributed by atoms with Crippen molar-refractivity contribution >= 4 is 47.1 Å². The molecule has 0 saturated carbocycles. The summed E-state index contributed by atoms with van der Waals surface area (Å²) >= 11 is 10.7. The maximum atomic E-state index is 13.4. The largest absolute Gasteiger partial charge is 0.478 e. The average molecular weight is 612 g/mol. The van der Waals surface area contributed by atoms with Gasteiger partial charge in [-0.2, -0.15) is 12.6 Å². The third-order valence-electron chi connectivity index (χ3n) is 7.57. The van der Waals surface area contributed by atoms with Crippen LogP contribution in [0, 0.1) is 6.92 Å². The van der Waals surface area contributed by atoms with E-state index in [9.17, 15) is 14.7 Å². The summed E-state index contributed by atoms with van der Waals surface area (Å²) in [5.74, 6) is 0.293. The van der Waals surface area contributed by atoms with Gasteiger partial charge in [-0.05, 0) is 65.8 Å². The predicted molar refractivity (Wildman–Crippen MR) is 177 cm³/mol. The lowest BCUT2D eigenvalue weighted by Crippen LogP contribution is -2.37. The summed E-state index contributed by atoms with van der Waals surface area (Å²) in [4.78, 5) is 30.3. The number of fused-ring (bicyclic) bond motifs is 1. The van der Waals surface area contributed by atoms with Crippen molar-refractivity contribution in [2.24, 2.45) is 0 Å². The van der Waals surface area contributed by atoms with Crippen LogP contribution in [0.1, 0.15) is 56.6 Å². The molecule has 0 aliphatic heterocycles. The summed E-state index contributed by atoms with van der Waals surface area (Å²) in [6, 6.07) is 26.7. The Morgan fingerprint density at radius 2 is 1.74 bits per heavy atom. The van der Waals surface area contributed by atoms with E-state index in [1.165, 1.54) is 0 Å². The number of thiol groups is 1. The Balaban J connectivity index is 1.45. The molecule has 2 N–H and O–H groups in total. The van der Waals surface area contributed by atoms with Crippen molar-refractivity contribution in [2.45, 2.75) is 45.7 Å². The highest BCUT2D eigenvalue weighted by Crippen LogP contribution is 2.30. The summed E-state index contributed by atoms with van der Waals surface area (Å²) in [6.07, 6.45) is 2.44. The number of nitrogens with one attached hydrogen (secondary N) is 1. The van der Waals surface area contributed by atoms with Crippen molar-refractivity contribution in [3.8, 4) is 11.1 Å². The van der Waals surface area contributed by atoms with Crippen LogP contribution in [0.25, 0.3) is 22.2 Å². The SMILES string of the molecule is CCCc1nc2c(C)cc(C(=O)N[C@@H](CS)Cc3ccccc3)cc2n1Cc1ccc(-c2cccc(Cl)c2C(=O)O)cc1. The van der Waals surface area contributed by atoms with Gasteiger partial charge in [0.2, 0.25) is 0 Å². The number of carbonyl (C=O) groups is 2. The van der Waals surface area contributed by atoms with Crippen LogP contribution in [0.2, 0.25) is 5.02 Å². The molecule has 5 aromatic rings. The van der Waals surface area contributed by atoms with Crippen LogP contribution >= 0.6 is 24.2 Å². The number of rotatable bonds is 11. The summed E-state index contributed by atoms with van der Waals surface area (Å²) in [5.41, 5.74) is 6.95. The molecule has 1 atom stereocenters. The Kier molecular flexibility index (Phi) is 9.53. The van der Waals surface area contributed by atoms with Crippen molar-refractivity contribution in [3.05, 3.63) is 124 Å². The van der Waals surface area contributed by atoms with E-state index >= 15 is 0 Å². The van der Waals surface area contributed by atoms with Crippen molar-refractivity contribution in [2.75, 3.05) is 5.75 Å². The van der Waals surface area contributed by atoms with Crippen LogP contribution in [0.15, 0.2) is 84.9 Å². The number of imidazole rings is 1. The molecule has 43 heavy (non-hydrogen) atoms. The molecule has 0 unspecified atom stereocenters. The van der Waals surface area contributed by atoms with Gasteiger partial charge < -0.3 is 15.0 Å². The third kappa shape index (κ3) is 6.79. The summed E-state index contributed by atoms with van der Waals surface area (Å²) in [7, 11) is 0. The van der Waals surface area contributed by atoms with Crippen molar-refractivity contribution in [1.82, 2.24) is 14.9 Å². The van der Waals surface area contributed by atoms with Crippen LogP contribution in [-0.2, 0) is 19.4 Å². The molecule has 4 aromatic carbocycles.